The van der Waals surface area contributed by atoms with Crippen LogP contribution in [0, 0.1) is 30.0 Å². The van der Waals surface area contributed by atoms with Crippen molar-refractivity contribution in [3.8, 4) is 6.07 Å². The number of aliphatic imine (C=N–C) groups is 1. The van der Waals surface area contributed by atoms with Crippen LogP contribution in [0.25, 0.3) is 0 Å². The van der Waals surface area contributed by atoms with Crippen LogP contribution in [0.3, 0.4) is 0 Å². The zero-order valence-electron chi connectivity index (χ0n) is 22.3. The van der Waals surface area contributed by atoms with Gasteiger partial charge in [0.1, 0.15) is 23.0 Å². The van der Waals surface area contributed by atoms with Gasteiger partial charge in [0.15, 0.2) is 0 Å². The van der Waals surface area contributed by atoms with E-state index in [9.17, 15) is 15.2 Å². The van der Waals surface area contributed by atoms with E-state index in [2.05, 4.69) is 21.0 Å². The lowest BCUT2D eigenvalue weighted by Crippen LogP contribution is -2.46. The van der Waals surface area contributed by atoms with Crippen LogP contribution in [0.2, 0.25) is 0 Å². The number of aryl methyl sites for hydroxylation is 2. The van der Waals surface area contributed by atoms with Gasteiger partial charge in [-0.3, -0.25) is 0 Å². The van der Waals surface area contributed by atoms with Gasteiger partial charge in [0.2, 0.25) is 0 Å². The first-order chi connectivity index (χ1) is 18.7. The number of esters is 1. The predicted molar refractivity (Wildman–Crippen MR) is 144 cm³/mol. The minimum absolute atomic E-state index is 0.0383. The van der Waals surface area contributed by atoms with E-state index in [4.69, 9.17) is 10.5 Å². The van der Waals surface area contributed by atoms with E-state index < -0.39 is 17.0 Å². The van der Waals surface area contributed by atoms with Crippen LogP contribution in [0.15, 0.2) is 46.9 Å². The van der Waals surface area contributed by atoms with E-state index in [-0.39, 0.29) is 47.7 Å². The smallest absolute Gasteiger partial charge is 0.338 e. The Kier molecular flexibility index (Phi) is 7.39. The molecule has 0 amide bonds. The fourth-order valence-corrected chi connectivity index (χ4v) is 6.21. The summed E-state index contributed by atoms with van der Waals surface area (Å²) in [5, 5.41) is 20.7. The molecule has 1 unspecified atom stereocenters. The summed E-state index contributed by atoms with van der Waals surface area (Å²) < 4.78 is 21.2. The number of nitrogens with two attached hydrogens (primary N) is 1. The summed E-state index contributed by atoms with van der Waals surface area (Å²) in [5.74, 6) is -0.610. The van der Waals surface area contributed by atoms with E-state index in [1.165, 1.54) is 6.07 Å². The first-order valence-electron chi connectivity index (χ1n) is 13.7. The zero-order valence-corrected chi connectivity index (χ0v) is 22.3. The molecule has 0 radical (unpaired) electrons. The van der Waals surface area contributed by atoms with Crippen molar-refractivity contribution in [2.45, 2.75) is 88.6 Å². The molecular weight excluding hydrogens is 497 g/mol. The van der Waals surface area contributed by atoms with E-state index in [0.717, 1.165) is 43.2 Å². The number of rotatable bonds is 8. The van der Waals surface area contributed by atoms with Crippen LogP contribution < -0.4 is 5.73 Å². The second kappa shape index (κ2) is 10.8. The lowest BCUT2D eigenvalue weighted by Gasteiger charge is -2.42. The van der Waals surface area contributed by atoms with Crippen molar-refractivity contribution in [3.63, 3.8) is 0 Å². The molecule has 2 aliphatic carbocycles. The van der Waals surface area contributed by atoms with Crippen molar-refractivity contribution in [2.75, 3.05) is 0 Å². The maximum Gasteiger partial charge on any atom is 0.338 e. The highest BCUT2D eigenvalue weighted by atomic mass is 19.1. The summed E-state index contributed by atoms with van der Waals surface area (Å²) in [6.45, 7) is 1.86. The first kappa shape index (κ1) is 26.8. The van der Waals surface area contributed by atoms with Gasteiger partial charge >= 0.3 is 5.97 Å². The topological polar surface area (TPSA) is 134 Å². The maximum atomic E-state index is 15.1. The monoisotopic (exact) mass is 531 g/mol. The number of aromatic nitrogens is 2. The number of hydrogen-bond acceptors (Lipinski definition) is 7. The summed E-state index contributed by atoms with van der Waals surface area (Å²) in [4.78, 5) is 25.6. The minimum Gasteiger partial charge on any atom is -0.512 e. The van der Waals surface area contributed by atoms with Crippen LogP contribution in [-0.2, 0) is 21.4 Å². The van der Waals surface area contributed by atoms with Crippen LogP contribution in [0.4, 0.5) is 10.3 Å². The van der Waals surface area contributed by atoms with Gasteiger partial charge in [-0.25, -0.2) is 19.2 Å². The summed E-state index contributed by atoms with van der Waals surface area (Å²) in [6.07, 6.45) is 10.5. The average Bonchev–Trinajstić information content (AvgIpc) is 3.43. The number of amidine groups is 1. The quantitative estimate of drug-likeness (QED) is 0.258. The normalized spacial score (nSPS) is 23.3. The van der Waals surface area contributed by atoms with Gasteiger partial charge in [-0.1, -0.05) is 25.0 Å². The van der Waals surface area contributed by atoms with Crippen molar-refractivity contribution in [3.05, 3.63) is 64.4 Å². The van der Waals surface area contributed by atoms with Crippen molar-refractivity contribution in [2.24, 2.45) is 16.6 Å². The molecular formula is C30H34FN5O3. The predicted octanol–water partition coefficient (Wildman–Crippen LogP) is 5.57. The molecule has 2 heterocycles. The summed E-state index contributed by atoms with van der Waals surface area (Å²) in [7, 11) is 0. The molecule has 0 spiro atoms. The van der Waals surface area contributed by atoms with Gasteiger partial charge in [-0.2, -0.15) is 10.3 Å². The highest BCUT2D eigenvalue weighted by Crippen LogP contribution is 2.47. The molecule has 8 nitrogen and oxygen atoms in total. The van der Waals surface area contributed by atoms with Crippen LogP contribution >= 0.6 is 0 Å². The average molecular weight is 532 g/mol. The molecule has 1 aromatic heterocycles. The lowest BCUT2D eigenvalue weighted by atomic mass is 9.65. The number of halogens is 1. The number of hydrogen-bond donors (Lipinski definition) is 2. The van der Waals surface area contributed by atoms with E-state index >= 15 is 4.39 Å². The molecule has 1 aliphatic heterocycles. The molecule has 5 rings (SSSR count). The number of aliphatic hydroxyl groups is 1. The summed E-state index contributed by atoms with van der Waals surface area (Å²) >= 11 is 0. The SMILES string of the molecule is Cc1cnc(/N=C(\N)CC2=C(O)CC(CCc3ccc(C4(C#N)CCC4)c(F)c3)(C3CCCC3)OC2=O)nc1. The van der Waals surface area contributed by atoms with Crippen LogP contribution in [0.5, 0.6) is 0 Å². The standard InChI is InChI=1S/C30H34FN5O3/c1-19-16-34-28(35-17-19)36-26(33)14-22-25(37)15-30(39-27(22)38,21-5-2-3-6-21)12-9-20-7-8-23(24(31)13-20)29(18-32)10-4-11-29/h7-8,13,16-17,21,37H,2-6,9-12,14-15H2,1H3,(H2,33,34,35,36). The fourth-order valence-electron chi connectivity index (χ4n) is 6.21. The Morgan fingerprint density at radius 3 is 2.56 bits per heavy atom. The molecule has 3 aliphatic rings. The van der Waals surface area contributed by atoms with Gasteiger partial charge in [-0.05, 0) is 75.0 Å². The Balaban J connectivity index is 1.34. The largest absolute Gasteiger partial charge is 0.512 e. The second-order valence-corrected chi connectivity index (χ2v) is 11.2. The number of carbonyl (C=O) groups excluding carboxylic acids is 1. The number of benzene rings is 1. The second-order valence-electron chi connectivity index (χ2n) is 11.2. The fraction of sp³-hybridized carbons (Fsp3) is 0.500. The zero-order chi connectivity index (χ0) is 27.6. The Labute approximate surface area is 227 Å². The van der Waals surface area contributed by atoms with Crippen molar-refractivity contribution < 1.29 is 19.0 Å². The number of nitriles is 1. The van der Waals surface area contributed by atoms with Crippen molar-refractivity contribution in [1.82, 2.24) is 9.97 Å². The highest BCUT2D eigenvalue weighted by Gasteiger charge is 2.48. The number of carbonyl (C=O) groups is 1. The van der Waals surface area contributed by atoms with E-state index in [0.29, 0.717) is 31.2 Å². The number of ether oxygens (including phenoxy) is 1. The Bertz CT molecular complexity index is 1350. The van der Waals surface area contributed by atoms with E-state index in [1.54, 1.807) is 18.5 Å². The Morgan fingerprint density at radius 2 is 1.97 bits per heavy atom. The van der Waals surface area contributed by atoms with Gasteiger partial charge in [0.25, 0.3) is 5.95 Å². The maximum absolute atomic E-state index is 15.1. The first-order valence-corrected chi connectivity index (χ1v) is 13.7. The van der Waals surface area contributed by atoms with Crippen molar-refractivity contribution in [1.29, 1.82) is 5.26 Å². The molecule has 1 aromatic carbocycles. The van der Waals surface area contributed by atoms with E-state index in [1.807, 2.05) is 13.0 Å². The Morgan fingerprint density at radius 1 is 1.26 bits per heavy atom. The minimum atomic E-state index is -0.871. The summed E-state index contributed by atoms with van der Waals surface area (Å²) in [5.41, 5.74) is 6.71. The van der Waals surface area contributed by atoms with Gasteiger partial charge in [-0.15, -0.1) is 0 Å². The van der Waals surface area contributed by atoms with Crippen LogP contribution in [0.1, 0.15) is 80.9 Å². The highest BCUT2D eigenvalue weighted by molar-refractivity contribution is 5.98. The number of nitrogens with zero attached hydrogens (tertiary/aromatic N) is 4. The molecule has 3 N–H and O–H groups in total. The third-order valence-corrected chi connectivity index (χ3v) is 8.63. The molecule has 204 valence electrons. The van der Waals surface area contributed by atoms with Gasteiger partial charge < -0.3 is 15.6 Å². The van der Waals surface area contributed by atoms with Gasteiger partial charge in [0.05, 0.1) is 17.1 Å². The van der Waals surface area contributed by atoms with Crippen molar-refractivity contribution >= 4 is 17.8 Å². The molecule has 2 saturated carbocycles. The molecule has 0 saturated heterocycles. The summed E-state index contributed by atoms with van der Waals surface area (Å²) in [6, 6.07) is 7.41. The molecule has 0 bridgehead atoms. The number of cyclic esters (lactones) is 1. The van der Waals surface area contributed by atoms with Gasteiger partial charge in [0, 0.05) is 30.8 Å². The molecule has 2 fully saturated rings. The third-order valence-electron chi connectivity index (χ3n) is 8.63. The molecule has 39 heavy (non-hydrogen) atoms. The molecule has 1 atom stereocenters. The van der Waals surface area contributed by atoms with Crippen LogP contribution in [-0.4, -0.2) is 32.5 Å². The third kappa shape index (κ3) is 5.38. The lowest BCUT2D eigenvalue weighted by molar-refractivity contribution is -0.167. The Hall–Kier alpha value is -3.80. The molecule has 9 heteroatoms. The molecule has 2 aromatic rings. The number of aliphatic hydroxyl groups excluding tert-OH is 1.